The number of benzene rings is 2. The Balaban J connectivity index is 1.38. The Hall–Kier alpha value is -2.73. The maximum absolute atomic E-state index is 13.0. The molecule has 0 radical (unpaired) electrons. The zero-order valence-corrected chi connectivity index (χ0v) is 20.5. The zero-order valence-electron chi connectivity index (χ0n) is 20.5. The first-order chi connectivity index (χ1) is 15.8. The maximum Gasteiger partial charge on any atom is 0.254 e. The lowest BCUT2D eigenvalue weighted by atomic mass is 10.0. The van der Waals surface area contributed by atoms with Crippen LogP contribution in [0.4, 0.5) is 0 Å². The van der Waals surface area contributed by atoms with Crippen LogP contribution in [0, 0.1) is 0 Å². The fourth-order valence-corrected chi connectivity index (χ4v) is 4.79. The van der Waals surface area contributed by atoms with E-state index in [9.17, 15) is 4.79 Å². The van der Waals surface area contributed by atoms with E-state index in [1.54, 1.807) is 7.11 Å². The third-order valence-electron chi connectivity index (χ3n) is 6.23. The monoisotopic (exact) mass is 452 g/mol. The first-order valence-corrected chi connectivity index (χ1v) is 12.0. The van der Waals surface area contributed by atoms with Crippen LogP contribution in [0.3, 0.4) is 0 Å². The number of methoxy groups -OCH3 is 1. The summed E-state index contributed by atoms with van der Waals surface area (Å²) in [5.74, 6) is 2.66. The van der Waals surface area contributed by atoms with Gasteiger partial charge in [0.2, 0.25) is 0 Å². The molecule has 2 aromatic carbocycles. The molecule has 0 N–H and O–H groups in total. The summed E-state index contributed by atoms with van der Waals surface area (Å²) in [5, 5.41) is 0. The topological polar surface area (TPSA) is 51.2 Å². The Labute approximate surface area is 197 Å². The van der Waals surface area contributed by atoms with Gasteiger partial charge in [0.25, 0.3) is 5.91 Å². The maximum atomic E-state index is 13.0. The van der Waals surface area contributed by atoms with Crippen molar-refractivity contribution in [1.29, 1.82) is 0 Å². The smallest absolute Gasteiger partial charge is 0.254 e. The molecule has 1 saturated heterocycles. The van der Waals surface area contributed by atoms with Gasteiger partial charge in [0.05, 0.1) is 19.3 Å². The molecule has 4 rings (SSSR count). The molecule has 1 amide bonds. The van der Waals surface area contributed by atoms with Crippen LogP contribution in [0.25, 0.3) is 0 Å². The van der Waals surface area contributed by atoms with Crippen molar-refractivity contribution < 1.29 is 19.0 Å². The summed E-state index contributed by atoms with van der Waals surface area (Å²) in [6.07, 6.45) is 2.19. The highest BCUT2D eigenvalue weighted by molar-refractivity contribution is 5.98. The van der Waals surface area contributed by atoms with Crippen molar-refractivity contribution >= 4 is 5.91 Å². The molecule has 33 heavy (non-hydrogen) atoms. The first kappa shape index (κ1) is 23.4. The number of fused-ring (bicyclic) bond motifs is 1. The molecular weight excluding hydrogens is 416 g/mol. The van der Waals surface area contributed by atoms with Crippen molar-refractivity contribution in [1.82, 2.24) is 9.80 Å². The third-order valence-corrected chi connectivity index (χ3v) is 6.23. The number of hydrogen-bond donors (Lipinski definition) is 0. The fourth-order valence-electron chi connectivity index (χ4n) is 4.79. The van der Waals surface area contributed by atoms with Gasteiger partial charge in [0.15, 0.2) is 0 Å². The predicted octanol–water partition coefficient (Wildman–Crippen LogP) is 4.89. The van der Waals surface area contributed by atoms with E-state index in [1.807, 2.05) is 56.9 Å². The molecular formula is C27H36N2O4. The number of ether oxygens (including phenoxy) is 3. The van der Waals surface area contributed by atoms with Crippen LogP contribution in [0.2, 0.25) is 0 Å². The number of hydrogen-bond acceptors (Lipinski definition) is 5. The average molecular weight is 453 g/mol. The number of likely N-dealkylation sites (tertiary alicyclic amines) is 1. The van der Waals surface area contributed by atoms with E-state index < -0.39 is 0 Å². The summed E-state index contributed by atoms with van der Waals surface area (Å²) in [6.45, 7) is 11.6. The van der Waals surface area contributed by atoms with Gasteiger partial charge in [-0.25, -0.2) is 0 Å². The van der Waals surface area contributed by atoms with Gasteiger partial charge in [-0.2, -0.15) is 0 Å². The van der Waals surface area contributed by atoms with Crippen molar-refractivity contribution in [3.05, 3.63) is 53.1 Å². The van der Waals surface area contributed by atoms with Gasteiger partial charge in [0.1, 0.15) is 17.2 Å². The number of carbonyl (C=O) groups excluding carboxylic acids is 1. The van der Waals surface area contributed by atoms with Crippen molar-refractivity contribution in [3.8, 4) is 17.2 Å². The molecule has 0 atom stereocenters. The van der Waals surface area contributed by atoms with Crippen LogP contribution in [-0.2, 0) is 13.1 Å². The average Bonchev–Trinajstić information content (AvgIpc) is 3.09. The van der Waals surface area contributed by atoms with Crippen molar-refractivity contribution in [2.45, 2.75) is 71.9 Å². The first-order valence-electron chi connectivity index (χ1n) is 12.0. The third kappa shape index (κ3) is 5.61. The second kappa shape index (κ2) is 10.0. The summed E-state index contributed by atoms with van der Waals surface area (Å²) < 4.78 is 17.2. The SMILES string of the molecule is COc1ccc2c(c1)CN(C1CCN(Cc3cc(OC(C)C)cc(OC(C)C)c3)CC1)C2=O. The van der Waals surface area contributed by atoms with Gasteiger partial charge >= 0.3 is 0 Å². The molecule has 0 aromatic heterocycles. The minimum absolute atomic E-state index is 0.116. The predicted molar refractivity (Wildman–Crippen MR) is 129 cm³/mol. The Morgan fingerprint density at radius 1 is 0.909 bits per heavy atom. The molecule has 0 spiro atoms. The number of piperidine rings is 1. The molecule has 178 valence electrons. The molecule has 0 unspecified atom stereocenters. The van der Waals surface area contributed by atoms with Crippen molar-refractivity contribution in [3.63, 3.8) is 0 Å². The van der Waals surface area contributed by atoms with Crippen LogP contribution in [0.5, 0.6) is 17.2 Å². The van der Waals surface area contributed by atoms with E-state index in [2.05, 4.69) is 17.0 Å². The quantitative estimate of drug-likeness (QED) is 0.571. The van der Waals surface area contributed by atoms with Crippen molar-refractivity contribution in [2.75, 3.05) is 20.2 Å². The number of rotatable bonds is 8. The van der Waals surface area contributed by atoms with Gasteiger partial charge in [-0.15, -0.1) is 0 Å². The Morgan fingerprint density at radius 3 is 2.12 bits per heavy atom. The van der Waals surface area contributed by atoms with Gasteiger partial charge < -0.3 is 19.1 Å². The number of carbonyl (C=O) groups is 1. The molecule has 2 aliphatic heterocycles. The van der Waals surface area contributed by atoms with Crippen LogP contribution < -0.4 is 14.2 Å². The standard InChI is InChI=1S/C27H36N2O4/c1-18(2)32-24-12-20(13-25(15-24)33-19(3)4)16-28-10-8-22(9-11-28)29-17-21-14-23(31-5)6-7-26(21)27(29)30/h6-7,12-15,18-19,22H,8-11,16-17H2,1-5H3. The lowest BCUT2D eigenvalue weighted by Gasteiger charge is -2.36. The molecule has 6 nitrogen and oxygen atoms in total. The van der Waals surface area contributed by atoms with Gasteiger partial charge in [-0.1, -0.05) is 0 Å². The highest BCUT2D eigenvalue weighted by atomic mass is 16.5. The van der Waals surface area contributed by atoms with Crippen molar-refractivity contribution in [2.24, 2.45) is 0 Å². The lowest BCUT2D eigenvalue weighted by molar-refractivity contribution is 0.0590. The second-order valence-corrected chi connectivity index (χ2v) is 9.61. The normalized spacial score (nSPS) is 17.1. The summed E-state index contributed by atoms with van der Waals surface area (Å²) in [6, 6.07) is 12.3. The Kier molecular flexibility index (Phi) is 7.13. The second-order valence-electron chi connectivity index (χ2n) is 9.61. The minimum atomic E-state index is 0.116. The summed E-state index contributed by atoms with van der Waals surface area (Å²) in [4.78, 5) is 17.5. The molecule has 0 bridgehead atoms. The summed E-state index contributed by atoms with van der Waals surface area (Å²) >= 11 is 0. The molecule has 2 aromatic rings. The molecule has 2 heterocycles. The fraction of sp³-hybridized carbons (Fsp3) is 0.519. The lowest BCUT2D eigenvalue weighted by Crippen LogP contribution is -2.44. The molecule has 0 saturated carbocycles. The minimum Gasteiger partial charge on any atom is -0.497 e. The van der Waals surface area contributed by atoms with E-state index in [0.717, 1.165) is 60.9 Å². The Morgan fingerprint density at radius 2 is 1.55 bits per heavy atom. The Bertz CT molecular complexity index is 952. The molecule has 0 aliphatic carbocycles. The number of amides is 1. The highest BCUT2D eigenvalue weighted by Gasteiger charge is 2.34. The highest BCUT2D eigenvalue weighted by Crippen LogP contribution is 2.32. The molecule has 2 aliphatic rings. The summed E-state index contributed by atoms with van der Waals surface area (Å²) in [5.41, 5.74) is 3.08. The summed E-state index contributed by atoms with van der Waals surface area (Å²) in [7, 11) is 1.66. The van der Waals surface area contributed by atoms with Gasteiger partial charge in [0, 0.05) is 43.9 Å². The van der Waals surface area contributed by atoms with Gasteiger partial charge in [-0.05, 0) is 82.0 Å². The van der Waals surface area contributed by atoms with Crippen LogP contribution in [0.1, 0.15) is 62.0 Å². The van der Waals surface area contributed by atoms with Crippen LogP contribution in [-0.4, -0.2) is 54.2 Å². The van der Waals surface area contributed by atoms with Crippen LogP contribution in [0.15, 0.2) is 36.4 Å². The molecule has 6 heteroatoms. The van der Waals surface area contributed by atoms with E-state index in [4.69, 9.17) is 14.2 Å². The van der Waals surface area contributed by atoms with E-state index in [0.29, 0.717) is 6.54 Å². The molecule has 1 fully saturated rings. The van der Waals surface area contributed by atoms with E-state index >= 15 is 0 Å². The van der Waals surface area contributed by atoms with Crippen LogP contribution >= 0.6 is 0 Å². The van der Waals surface area contributed by atoms with Gasteiger partial charge in [-0.3, -0.25) is 9.69 Å². The largest absolute Gasteiger partial charge is 0.497 e. The zero-order chi connectivity index (χ0) is 23.5. The van der Waals surface area contributed by atoms with E-state index in [-0.39, 0.29) is 24.2 Å². The number of nitrogens with zero attached hydrogens (tertiary/aromatic N) is 2. The van der Waals surface area contributed by atoms with E-state index in [1.165, 1.54) is 5.56 Å².